The lowest BCUT2D eigenvalue weighted by Gasteiger charge is -2.19. The molecule has 8 nitrogen and oxygen atoms in total. The summed E-state index contributed by atoms with van der Waals surface area (Å²) in [6.07, 6.45) is 2.08. The average molecular weight is 418 g/mol. The van der Waals surface area contributed by atoms with Gasteiger partial charge in [0.25, 0.3) is 0 Å². The average Bonchev–Trinajstić information content (AvgIpc) is 2.74. The lowest BCUT2D eigenvalue weighted by molar-refractivity contribution is 0.119. The smallest absolute Gasteiger partial charge is 0.171 e. The van der Waals surface area contributed by atoms with Crippen molar-refractivity contribution >= 4 is 12.6 Å². The number of unbranched alkanes of at least 4 members (excludes halogenated alkanes) is 1. The molecule has 0 spiro atoms. The molecule has 8 heteroatoms. The third kappa shape index (κ3) is 10.4. The predicted octanol–water partition coefficient (Wildman–Crippen LogP) is 1.94. The Morgan fingerprint density at radius 2 is 1.80 bits per heavy atom. The lowest BCUT2D eigenvalue weighted by Crippen LogP contribution is -2.33. The number of aliphatic imine (C=N–C) groups is 1. The van der Waals surface area contributed by atoms with Crippen molar-refractivity contribution in [3.63, 3.8) is 0 Å². The minimum absolute atomic E-state index is 0.0744. The number of amidine groups is 1. The van der Waals surface area contributed by atoms with Gasteiger partial charge >= 0.3 is 0 Å². The van der Waals surface area contributed by atoms with Crippen LogP contribution in [0.25, 0.3) is 0 Å². The third-order valence-electron chi connectivity index (χ3n) is 4.55. The van der Waals surface area contributed by atoms with E-state index in [1.54, 1.807) is 0 Å². The van der Waals surface area contributed by atoms with E-state index >= 15 is 0 Å². The van der Waals surface area contributed by atoms with E-state index in [0.717, 1.165) is 38.0 Å². The topological polar surface area (TPSA) is 102 Å². The minimum atomic E-state index is -0.0744. The highest BCUT2D eigenvalue weighted by molar-refractivity contribution is 5.98. The van der Waals surface area contributed by atoms with Crippen molar-refractivity contribution in [3.05, 3.63) is 46.9 Å². The monoisotopic (exact) mass is 417 g/mol. The lowest BCUT2D eigenvalue weighted by atomic mass is 10.1. The molecule has 0 fully saturated rings. The quantitative estimate of drug-likeness (QED) is 0.151. The van der Waals surface area contributed by atoms with Crippen LogP contribution in [0.4, 0.5) is 0 Å². The summed E-state index contributed by atoms with van der Waals surface area (Å²) in [4.78, 5) is 8.11. The van der Waals surface area contributed by atoms with Crippen LogP contribution in [-0.4, -0.2) is 69.9 Å². The summed E-state index contributed by atoms with van der Waals surface area (Å²) in [6.45, 7) is 10.0. The molecule has 0 aromatic heterocycles. The van der Waals surface area contributed by atoms with Crippen LogP contribution in [0.2, 0.25) is 0 Å². The van der Waals surface area contributed by atoms with Gasteiger partial charge < -0.3 is 30.9 Å². The van der Waals surface area contributed by atoms with E-state index in [1.807, 2.05) is 0 Å². The predicted molar refractivity (Wildman–Crippen MR) is 126 cm³/mol. The molecular weight excluding hydrogens is 378 g/mol. The molecule has 0 heterocycles. The van der Waals surface area contributed by atoms with Gasteiger partial charge in [0.15, 0.2) is 5.84 Å². The fourth-order valence-corrected chi connectivity index (χ4v) is 2.61. The number of rotatable bonds is 15. The number of likely N-dealkylation sites (N-methyl/N-ethyl adjacent to an activating group) is 2. The third-order valence-corrected chi connectivity index (χ3v) is 4.55. The number of nitrogens with two attached hydrogens (primary N) is 1. The molecule has 168 valence electrons. The maximum absolute atomic E-state index is 7.82. The molecule has 0 amide bonds. The van der Waals surface area contributed by atoms with Gasteiger partial charge in [-0.05, 0) is 45.4 Å². The van der Waals surface area contributed by atoms with Crippen LogP contribution in [0.1, 0.15) is 30.9 Å². The van der Waals surface area contributed by atoms with Crippen LogP contribution in [0.15, 0.2) is 40.8 Å². The van der Waals surface area contributed by atoms with Gasteiger partial charge in [0.1, 0.15) is 18.2 Å². The van der Waals surface area contributed by atoms with Crippen molar-refractivity contribution in [2.45, 2.75) is 32.9 Å². The summed E-state index contributed by atoms with van der Waals surface area (Å²) in [5, 5.41) is 14.2. The number of nitrogens with one attached hydrogen (secondary N) is 3. The summed E-state index contributed by atoms with van der Waals surface area (Å²) < 4.78 is 5.54. The largest absolute Gasteiger partial charge is 0.393 e. The number of ether oxygens (including phenoxy) is 1. The molecule has 0 atom stereocenters. The fourth-order valence-electron chi connectivity index (χ4n) is 2.61. The summed E-state index contributed by atoms with van der Waals surface area (Å²) in [5.74, 6) is 0.450. The van der Waals surface area contributed by atoms with E-state index in [9.17, 15) is 0 Å². The van der Waals surface area contributed by atoms with Gasteiger partial charge in [-0.3, -0.25) is 5.41 Å². The summed E-state index contributed by atoms with van der Waals surface area (Å²) in [6, 6.07) is 8.49. The Kier molecular flexibility index (Phi) is 12.4. The number of benzene rings is 1. The van der Waals surface area contributed by atoms with Gasteiger partial charge in [-0.25, -0.2) is 4.99 Å². The molecule has 0 saturated heterocycles. The molecule has 0 aliphatic heterocycles. The normalized spacial score (nSPS) is 12.1. The molecule has 1 rings (SSSR count). The van der Waals surface area contributed by atoms with Crippen LogP contribution < -0.4 is 16.4 Å². The first-order valence-corrected chi connectivity index (χ1v) is 10.4. The summed E-state index contributed by atoms with van der Waals surface area (Å²) in [7, 11) is 6.31. The Balaban J connectivity index is 2.62. The van der Waals surface area contributed by atoms with E-state index in [0.29, 0.717) is 25.7 Å². The first-order chi connectivity index (χ1) is 14.4. The van der Waals surface area contributed by atoms with Crippen LogP contribution in [0.5, 0.6) is 0 Å². The second-order valence-corrected chi connectivity index (χ2v) is 7.59. The van der Waals surface area contributed by atoms with E-state index in [4.69, 9.17) is 15.9 Å². The molecule has 0 radical (unpaired) electrons. The fraction of sp³-hybridized carbons (Fsp3) is 0.545. The highest BCUT2D eigenvalue weighted by atomic mass is 16.5. The van der Waals surface area contributed by atoms with Gasteiger partial charge in [0, 0.05) is 32.8 Å². The van der Waals surface area contributed by atoms with Crippen LogP contribution in [0.3, 0.4) is 0 Å². The first kappa shape index (κ1) is 25.6. The molecule has 30 heavy (non-hydrogen) atoms. The molecule has 1 aromatic rings. The Labute approximate surface area is 181 Å². The zero-order valence-electron chi connectivity index (χ0n) is 19.0. The van der Waals surface area contributed by atoms with Crippen molar-refractivity contribution in [2.24, 2.45) is 10.7 Å². The Hall–Kier alpha value is -2.42. The minimum Gasteiger partial charge on any atom is -0.393 e. The number of hydrogen-bond acceptors (Lipinski definition) is 7. The second kappa shape index (κ2) is 14.5. The number of hydrogen-bond donors (Lipinski definition) is 4. The van der Waals surface area contributed by atoms with Gasteiger partial charge in [-0.1, -0.05) is 37.6 Å². The highest BCUT2D eigenvalue weighted by Crippen LogP contribution is 2.08. The van der Waals surface area contributed by atoms with E-state index in [1.165, 1.54) is 5.56 Å². The summed E-state index contributed by atoms with van der Waals surface area (Å²) in [5.41, 5.74) is 8.64. The molecule has 0 aliphatic carbocycles. The van der Waals surface area contributed by atoms with Crippen molar-refractivity contribution in [2.75, 3.05) is 47.6 Å². The number of nitrogens with zero attached hydrogens (tertiary/aromatic N) is 3. The zero-order valence-corrected chi connectivity index (χ0v) is 19.0. The molecular formula is C22H39N7O. The Bertz CT molecular complexity index is 671. The van der Waals surface area contributed by atoms with Crippen LogP contribution >= 0.6 is 0 Å². The van der Waals surface area contributed by atoms with Crippen LogP contribution in [0, 0.1) is 5.41 Å². The maximum atomic E-state index is 7.82. The molecule has 1 aromatic carbocycles. The van der Waals surface area contributed by atoms with Crippen LogP contribution in [-0.2, 0) is 17.8 Å². The maximum Gasteiger partial charge on any atom is 0.171 e. The van der Waals surface area contributed by atoms with E-state index in [-0.39, 0.29) is 11.5 Å². The summed E-state index contributed by atoms with van der Waals surface area (Å²) >= 11 is 0. The Morgan fingerprint density at radius 3 is 2.40 bits per heavy atom. The highest BCUT2D eigenvalue weighted by Gasteiger charge is 2.08. The Morgan fingerprint density at radius 1 is 1.13 bits per heavy atom. The van der Waals surface area contributed by atoms with Crippen molar-refractivity contribution in [1.82, 2.24) is 20.4 Å². The molecule has 5 N–H and O–H groups in total. The molecule has 0 saturated carbocycles. The van der Waals surface area contributed by atoms with Gasteiger partial charge in [-0.15, -0.1) is 0 Å². The zero-order chi connectivity index (χ0) is 22.4. The molecule has 0 unspecified atom stereocenters. The van der Waals surface area contributed by atoms with E-state index < -0.39 is 0 Å². The van der Waals surface area contributed by atoms with Crippen molar-refractivity contribution in [3.8, 4) is 0 Å². The standard InChI is InChI=1S/C22H39N7O/c1-6-7-14-30-17-27-22(20(23)21(24)25-2)26-15-18-8-10-19(11-9-18)16-29(5)13-12-28(3)4/h8-11,24,26-27H,2,6-7,12-17,23H2,1,3-5H3/b22-20+,24-21?. The van der Waals surface area contributed by atoms with Gasteiger partial charge in [0.2, 0.25) is 0 Å². The second-order valence-electron chi connectivity index (χ2n) is 7.59. The molecule has 0 aliphatic rings. The van der Waals surface area contributed by atoms with Gasteiger partial charge in [-0.2, -0.15) is 0 Å². The SMILES string of the molecule is C=NC(=N)/C(N)=C(\NCOCCCC)NCc1ccc(CN(C)CCN(C)C)cc1. The first-order valence-electron chi connectivity index (χ1n) is 10.4. The molecule has 0 bridgehead atoms. The van der Waals surface area contributed by atoms with Crippen molar-refractivity contribution < 1.29 is 4.74 Å². The van der Waals surface area contributed by atoms with Crippen molar-refractivity contribution in [1.29, 1.82) is 5.41 Å². The van der Waals surface area contributed by atoms with Gasteiger partial charge in [0.05, 0.1) is 0 Å². The van der Waals surface area contributed by atoms with E-state index in [2.05, 4.69) is 84.5 Å².